The first-order valence-corrected chi connectivity index (χ1v) is 8.22. The average Bonchev–Trinajstić information content (AvgIpc) is 2.87. The molecule has 118 valence electrons. The number of aromatic amines is 1. The molecule has 0 aliphatic carbocycles. The van der Waals surface area contributed by atoms with E-state index in [0.29, 0.717) is 32.9 Å². The van der Waals surface area contributed by atoms with Crippen LogP contribution in [0.4, 0.5) is 5.69 Å². The monoisotopic (exact) mass is 327 g/mol. The third-order valence-electron chi connectivity index (χ3n) is 3.78. The van der Waals surface area contributed by atoms with Crippen LogP contribution in [0.2, 0.25) is 0 Å². The van der Waals surface area contributed by atoms with Gasteiger partial charge in [0.05, 0.1) is 10.3 Å². The van der Waals surface area contributed by atoms with Crippen LogP contribution in [0.15, 0.2) is 29.1 Å². The van der Waals surface area contributed by atoms with Crippen molar-refractivity contribution < 1.29 is 4.79 Å². The van der Waals surface area contributed by atoms with Crippen LogP contribution in [0.5, 0.6) is 0 Å². The molecule has 2 N–H and O–H groups in total. The SMILES string of the molecule is CCc1nc2sc(C(=O)Nc3ccccc3C)c(C)c2c(=O)[nH]1. The molecule has 1 aromatic carbocycles. The van der Waals surface area contributed by atoms with Crippen molar-refractivity contribution in [3.8, 4) is 0 Å². The van der Waals surface area contributed by atoms with Gasteiger partial charge < -0.3 is 10.3 Å². The van der Waals surface area contributed by atoms with E-state index in [-0.39, 0.29) is 11.5 Å². The Labute approximate surface area is 137 Å². The Morgan fingerprint density at radius 1 is 1.30 bits per heavy atom. The number of benzene rings is 1. The number of rotatable bonds is 3. The summed E-state index contributed by atoms with van der Waals surface area (Å²) in [7, 11) is 0. The lowest BCUT2D eigenvalue weighted by atomic mass is 10.2. The van der Waals surface area contributed by atoms with Gasteiger partial charge in [0.1, 0.15) is 10.7 Å². The van der Waals surface area contributed by atoms with E-state index in [4.69, 9.17) is 0 Å². The zero-order chi connectivity index (χ0) is 16.6. The standard InChI is InChI=1S/C17H17N3O2S/c1-4-12-19-15(21)13-10(3)14(23-17(13)20-12)16(22)18-11-8-6-5-7-9(11)2/h5-8H,4H2,1-3H3,(H,18,22)(H,19,20,21). The van der Waals surface area contributed by atoms with E-state index >= 15 is 0 Å². The van der Waals surface area contributed by atoms with Crippen LogP contribution >= 0.6 is 11.3 Å². The predicted molar refractivity (Wildman–Crippen MR) is 93.5 cm³/mol. The fourth-order valence-electron chi connectivity index (χ4n) is 2.46. The van der Waals surface area contributed by atoms with Gasteiger partial charge in [-0.05, 0) is 31.0 Å². The van der Waals surface area contributed by atoms with Crippen LogP contribution < -0.4 is 10.9 Å². The van der Waals surface area contributed by atoms with Gasteiger partial charge in [0.2, 0.25) is 0 Å². The summed E-state index contributed by atoms with van der Waals surface area (Å²) >= 11 is 1.26. The van der Waals surface area contributed by atoms with E-state index in [2.05, 4.69) is 15.3 Å². The maximum atomic E-state index is 12.6. The maximum Gasteiger partial charge on any atom is 0.266 e. The molecule has 3 rings (SSSR count). The number of aryl methyl sites for hydroxylation is 3. The highest BCUT2D eigenvalue weighted by molar-refractivity contribution is 7.20. The maximum absolute atomic E-state index is 12.6. The summed E-state index contributed by atoms with van der Waals surface area (Å²) in [6.45, 7) is 5.65. The van der Waals surface area contributed by atoms with Gasteiger partial charge in [0.25, 0.3) is 11.5 Å². The second-order valence-electron chi connectivity index (χ2n) is 5.37. The molecule has 0 saturated heterocycles. The summed E-state index contributed by atoms with van der Waals surface area (Å²) < 4.78 is 0. The number of amides is 1. The number of anilines is 1. The van der Waals surface area contributed by atoms with Crippen molar-refractivity contribution in [2.24, 2.45) is 0 Å². The molecular formula is C17H17N3O2S. The Balaban J connectivity index is 2.05. The van der Waals surface area contributed by atoms with Crippen molar-refractivity contribution in [2.75, 3.05) is 5.32 Å². The number of hydrogen-bond acceptors (Lipinski definition) is 4. The first-order valence-electron chi connectivity index (χ1n) is 7.40. The number of hydrogen-bond donors (Lipinski definition) is 2. The second kappa shape index (κ2) is 5.96. The normalized spacial score (nSPS) is 10.9. The smallest absolute Gasteiger partial charge is 0.266 e. The number of fused-ring (bicyclic) bond motifs is 1. The highest BCUT2D eigenvalue weighted by atomic mass is 32.1. The van der Waals surface area contributed by atoms with E-state index in [1.807, 2.05) is 38.1 Å². The summed E-state index contributed by atoms with van der Waals surface area (Å²) in [6, 6.07) is 7.59. The number of carbonyl (C=O) groups is 1. The first kappa shape index (κ1) is 15.4. The minimum absolute atomic E-state index is 0.185. The van der Waals surface area contributed by atoms with Crippen molar-refractivity contribution in [1.29, 1.82) is 0 Å². The topological polar surface area (TPSA) is 74.8 Å². The minimum atomic E-state index is -0.211. The van der Waals surface area contributed by atoms with Crippen molar-refractivity contribution in [1.82, 2.24) is 9.97 Å². The van der Waals surface area contributed by atoms with Crippen molar-refractivity contribution in [3.63, 3.8) is 0 Å². The lowest BCUT2D eigenvalue weighted by Crippen LogP contribution is -2.13. The average molecular weight is 327 g/mol. The Kier molecular flexibility index (Phi) is 4.00. The van der Waals surface area contributed by atoms with Gasteiger partial charge in [-0.3, -0.25) is 9.59 Å². The van der Waals surface area contributed by atoms with Gasteiger partial charge in [-0.1, -0.05) is 25.1 Å². The zero-order valence-corrected chi connectivity index (χ0v) is 14.0. The molecule has 0 saturated carbocycles. The Bertz CT molecular complexity index is 956. The molecule has 0 bridgehead atoms. The van der Waals surface area contributed by atoms with Gasteiger partial charge in [0.15, 0.2) is 0 Å². The van der Waals surface area contributed by atoms with Crippen molar-refractivity contribution in [3.05, 3.63) is 56.4 Å². The van der Waals surface area contributed by atoms with Gasteiger partial charge in [0, 0.05) is 12.1 Å². The van der Waals surface area contributed by atoms with Crippen LogP contribution in [-0.2, 0) is 6.42 Å². The molecule has 5 nitrogen and oxygen atoms in total. The molecule has 3 aromatic rings. The fourth-order valence-corrected chi connectivity index (χ4v) is 3.56. The molecule has 0 atom stereocenters. The quantitative estimate of drug-likeness (QED) is 0.774. The van der Waals surface area contributed by atoms with E-state index in [0.717, 1.165) is 11.3 Å². The zero-order valence-electron chi connectivity index (χ0n) is 13.2. The number of nitrogens with one attached hydrogen (secondary N) is 2. The molecule has 0 unspecified atom stereocenters. The highest BCUT2D eigenvalue weighted by Crippen LogP contribution is 2.28. The van der Waals surface area contributed by atoms with Crippen LogP contribution in [0.25, 0.3) is 10.2 Å². The molecule has 1 amide bonds. The molecular weight excluding hydrogens is 310 g/mol. The molecule has 0 aliphatic heterocycles. The summed E-state index contributed by atoms with van der Waals surface area (Å²) in [5.74, 6) is 0.423. The highest BCUT2D eigenvalue weighted by Gasteiger charge is 2.19. The number of carbonyl (C=O) groups excluding carboxylic acids is 1. The molecule has 0 fully saturated rings. The van der Waals surface area contributed by atoms with Crippen LogP contribution in [0.1, 0.15) is 33.5 Å². The predicted octanol–water partition coefficient (Wildman–Crippen LogP) is 3.42. The van der Waals surface area contributed by atoms with Crippen LogP contribution in [0, 0.1) is 13.8 Å². The molecule has 2 aromatic heterocycles. The Morgan fingerprint density at radius 3 is 2.74 bits per heavy atom. The first-order chi connectivity index (χ1) is 11.0. The summed E-state index contributed by atoms with van der Waals surface area (Å²) in [5.41, 5.74) is 2.25. The molecule has 23 heavy (non-hydrogen) atoms. The minimum Gasteiger partial charge on any atom is -0.321 e. The van der Waals surface area contributed by atoms with E-state index in [1.165, 1.54) is 11.3 Å². The van der Waals surface area contributed by atoms with Gasteiger partial charge in [-0.2, -0.15) is 0 Å². The lowest BCUT2D eigenvalue weighted by Gasteiger charge is -2.07. The molecule has 0 radical (unpaired) electrons. The van der Waals surface area contributed by atoms with Gasteiger partial charge in [-0.15, -0.1) is 11.3 Å². The molecule has 6 heteroatoms. The van der Waals surface area contributed by atoms with E-state index in [1.54, 1.807) is 6.92 Å². The van der Waals surface area contributed by atoms with Gasteiger partial charge in [-0.25, -0.2) is 4.98 Å². The van der Waals surface area contributed by atoms with Crippen LogP contribution in [0.3, 0.4) is 0 Å². The molecule has 0 spiro atoms. The van der Waals surface area contributed by atoms with Crippen molar-refractivity contribution >= 4 is 33.1 Å². The lowest BCUT2D eigenvalue weighted by molar-refractivity contribution is 0.103. The van der Waals surface area contributed by atoms with Crippen molar-refractivity contribution in [2.45, 2.75) is 27.2 Å². The molecule has 2 heterocycles. The summed E-state index contributed by atoms with van der Waals surface area (Å²) in [6.07, 6.45) is 0.646. The van der Waals surface area contributed by atoms with E-state index < -0.39 is 0 Å². The van der Waals surface area contributed by atoms with Crippen LogP contribution in [-0.4, -0.2) is 15.9 Å². The third-order valence-corrected chi connectivity index (χ3v) is 4.97. The summed E-state index contributed by atoms with van der Waals surface area (Å²) in [4.78, 5) is 33.1. The number of para-hydroxylation sites is 1. The Hall–Kier alpha value is -2.47. The number of nitrogens with zero attached hydrogens (tertiary/aromatic N) is 1. The number of thiophene rings is 1. The third kappa shape index (κ3) is 2.77. The molecule has 0 aliphatic rings. The fraction of sp³-hybridized carbons (Fsp3) is 0.235. The Morgan fingerprint density at radius 2 is 2.04 bits per heavy atom. The summed E-state index contributed by atoms with van der Waals surface area (Å²) in [5, 5.41) is 3.41. The number of aromatic nitrogens is 2. The second-order valence-corrected chi connectivity index (χ2v) is 6.37. The van der Waals surface area contributed by atoms with Gasteiger partial charge >= 0.3 is 0 Å². The largest absolute Gasteiger partial charge is 0.321 e. The van der Waals surface area contributed by atoms with E-state index in [9.17, 15) is 9.59 Å². The number of H-pyrrole nitrogens is 1.